The third-order valence-corrected chi connectivity index (χ3v) is 5.11. The van der Waals surface area contributed by atoms with Gasteiger partial charge in [-0.25, -0.2) is 4.68 Å². The average molecular weight is 340 g/mol. The minimum atomic E-state index is 0.0853. The van der Waals surface area contributed by atoms with Gasteiger partial charge < -0.3 is 9.80 Å². The SMILES string of the molecule is Cc1ccn(-c2ccc(N3CCC[C@H](C(=O)N4CCCC4)C3)nn2)n1. The van der Waals surface area contributed by atoms with Gasteiger partial charge in [0, 0.05) is 32.4 Å². The zero-order chi connectivity index (χ0) is 17.2. The summed E-state index contributed by atoms with van der Waals surface area (Å²) in [6.45, 7) is 5.46. The lowest BCUT2D eigenvalue weighted by Crippen LogP contribution is -2.44. The number of carbonyl (C=O) groups is 1. The van der Waals surface area contributed by atoms with Gasteiger partial charge in [-0.3, -0.25) is 4.79 Å². The number of hydrogen-bond donors (Lipinski definition) is 0. The van der Waals surface area contributed by atoms with Crippen molar-refractivity contribution in [3.8, 4) is 5.82 Å². The molecule has 7 nitrogen and oxygen atoms in total. The van der Waals surface area contributed by atoms with Crippen molar-refractivity contribution in [3.05, 3.63) is 30.1 Å². The van der Waals surface area contributed by atoms with E-state index >= 15 is 0 Å². The molecule has 1 atom stereocenters. The Morgan fingerprint density at radius 1 is 1.04 bits per heavy atom. The molecule has 0 radical (unpaired) electrons. The van der Waals surface area contributed by atoms with Crippen LogP contribution in [0.4, 0.5) is 5.82 Å². The van der Waals surface area contributed by atoms with E-state index in [2.05, 4.69) is 20.2 Å². The monoisotopic (exact) mass is 340 g/mol. The quantitative estimate of drug-likeness (QED) is 0.852. The summed E-state index contributed by atoms with van der Waals surface area (Å²) in [6.07, 6.45) is 6.16. The van der Waals surface area contributed by atoms with Crippen molar-refractivity contribution in [1.29, 1.82) is 0 Å². The Morgan fingerprint density at radius 3 is 2.48 bits per heavy atom. The average Bonchev–Trinajstić information content (AvgIpc) is 3.33. The number of nitrogens with zero attached hydrogens (tertiary/aromatic N) is 6. The summed E-state index contributed by atoms with van der Waals surface area (Å²) in [5.41, 5.74) is 0.949. The fourth-order valence-corrected chi connectivity index (χ4v) is 3.73. The molecule has 4 rings (SSSR count). The zero-order valence-corrected chi connectivity index (χ0v) is 14.6. The van der Waals surface area contributed by atoms with E-state index in [1.807, 2.05) is 36.2 Å². The Kier molecular flexibility index (Phi) is 4.38. The topological polar surface area (TPSA) is 67.2 Å². The van der Waals surface area contributed by atoms with Gasteiger partial charge in [0.25, 0.3) is 0 Å². The van der Waals surface area contributed by atoms with Crippen LogP contribution < -0.4 is 4.90 Å². The summed E-state index contributed by atoms with van der Waals surface area (Å²) in [4.78, 5) is 16.9. The molecule has 0 N–H and O–H groups in total. The molecule has 0 spiro atoms. The van der Waals surface area contributed by atoms with Crippen LogP contribution >= 0.6 is 0 Å². The fourth-order valence-electron chi connectivity index (χ4n) is 3.73. The number of carbonyl (C=O) groups excluding carboxylic acids is 1. The molecule has 2 aromatic heterocycles. The molecule has 2 fully saturated rings. The van der Waals surface area contributed by atoms with Gasteiger partial charge in [-0.05, 0) is 50.8 Å². The van der Waals surface area contributed by atoms with Crippen LogP contribution in [0.25, 0.3) is 5.82 Å². The normalized spacial score (nSPS) is 20.9. The molecule has 4 heterocycles. The van der Waals surface area contributed by atoms with E-state index in [9.17, 15) is 4.79 Å². The minimum Gasteiger partial charge on any atom is -0.354 e. The highest BCUT2D eigenvalue weighted by molar-refractivity contribution is 5.80. The molecule has 132 valence electrons. The molecule has 0 aromatic carbocycles. The van der Waals surface area contributed by atoms with Crippen LogP contribution in [0.15, 0.2) is 24.4 Å². The Bertz CT molecular complexity index is 734. The highest BCUT2D eigenvalue weighted by Crippen LogP contribution is 2.24. The first-order valence-corrected chi connectivity index (χ1v) is 9.11. The Morgan fingerprint density at radius 2 is 1.80 bits per heavy atom. The summed E-state index contributed by atoms with van der Waals surface area (Å²) >= 11 is 0. The van der Waals surface area contributed by atoms with Crippen LogP contribution in [0.5, 0.6) is 0 Å². The van der Waals surface area contributed by atoms with Gasteiger partial charge in [-0.2, -0.15) is 5.10 Å². The van der Waals surface area contributed by atoms with Gasteiger partial charge in [0.15, 0.2) is 11.6 Å². The van der Waals surface area contributed by atoms with Crippen molar-refractivity contribution in [2.45, 2.75) is 32.6 Å². The molecule has 7 heteroatoms. The lowest BCUT2D eigenvalue weighted by Gasteiger charge is -2.34. The van der Waals surface area contributed by atoms with E-state index in [1.54, 1.807) is 4.68 Å². The second-order valence-corrected chi connectivity index (χ2v) is 6.97. The van der Waals surface area contributed by atoms with E-state index in [0.717, 1.165) is 63.4 Å². The molecule has 25 heavy (non-hydrogen) atoms. The maximum Gasteiger partial charge on any atom is 0.227 e. The summed E-state index contributed by atoms with van der Waals surface area (Å²) in [5, 5.41) is 13.0. The summed E-state index contributed by atoms with van der Waals surface area (Å²) in [6, 6.07) is 5.84. The van der Waals surface area contributed by atoms with Crippen molar-refractivity contribution in [2.24, 2.45) is 5.92 Å². The molecule has 1 amide bonds. The number of likely N-dealkylation sites (tertiary alicyclic amines) is 1. The van der Waals surface area contributed by atoms with Gasteiger partial charge >= 0.3 is 0 Å². The zero-order valence-electron chi connectivity index (χ0n) is 14.6. The van der Waals surface area contributed by atoms with Crippen LogP contribution in [-0.2, 0) is 4.79 Å². The first-order valence-electron chi connectivity index (χ1n) is 9.11. The molecule has 0 unspecified atom stereocenters. The summed E-state index contributed by atoms with van der Waals surface area (Å²) in [5.74, 6) is 1.95. The summed E-state index contributed by atoms with van der Waals surface area (Å²) in [7, 11) is 0. The van der Waals surface area contributed by atoms with Gasteiger partial charge in [0.2, 0.25) is 5.91 Å². The Labute approximate surface area is 147 Å². The van der Waals surface area contributed by atoms with Crippen molar-refractivity contribution in [1.82, 2.24) is 24.9 Å². The van der Waals surface area contributed by atoms with Gasteiger partial charge in [-0.15, -0.1) is 10.2 Å². The lowest BCUT2D eigenvalue weighted by atomic mass is 9.96. The Balaban J connectivity index is 1.45. The first-order chi connectivity index (χ1) is 12.2. The van der Waals surface area contributed by atoms with Crippen molar-refractivity contribution < 1.29 is 4.79 Å². The number of aryl methyl sites for hydroxylation is 1. The maximum atomic E-state index is 12.7. The second kappa shape index (κ2) is 6.82. The molecule has 0 bridgehead atoms. The Hall–Kier alpha value is -2.44. The predicted molar refractivity (Wildman–Crippen MR) is 94.6 cm³/mol. The molecule has 2 aliphatic heterocycles. The third kappa shape index (κ3) is 3.36. The van der Waals surface area contributed by atoms with E-state index in [-0.39, 0.29) is 5.92 Å². The van der Waals surface area contributed by atoms with Gasteiger partial charge in [0.05, 0.1) is 11.6 Å². The molecular weight excluding hydrogens is 316 g/mol. The van der Waals surface area contributed by atoms with Crippen molar-refractivity contribution in [3.63, 3.8) is 0 Å². The second-order valence-electron chi connectivity index (χ2n) is 6.97. The molecule has 2 aliphatic rings. The van der Waals surface area contributed by atoms with Crippen LogP contribution in [0, 0.1) is 12.8 Å². The molecule has 2 aromatic rings. The van der Waals surface area contributed by atoms with E-state index in [4.69, 9.17) is 0 Å². The van der Waals surface area contributed by atoms with E-state index in [0.29, 0.717) is 11.7 Å². The number of aromatic nitrogens is 4. The number of amides is 1. The predicted octanol–water partition coefficient (Wildman–Crippen LogP) is 1.81. The van der Waals surface area contributed by atoms with Crippen molar-refractivity contribution in [2.75, 3.05) is 31.1 Å². The van der Waals surface area contributed by atoms with Crippen LogP contribution in [0.3, 0.4) is 0 Å². The largest absolute Gasteiger partial charge is 0.354 e. The first kappa shape index (κ1) is 16.1. The van der Waals surface area contributed by atoms with Crippen LogP contribution in [-0.4, -0.2) is 57.0 Å². The highest BCUT2D eigenvalue weighted by Gasteiger charge is 2.31. The minimum absolute atomic E-state index is 0.0853. The summed E-state index contributed by atoms with van der Waals surface area (Å²) < 4.78 is 1.72. The fraction of sp³-hybridized carbons (Fsp3) is 0.556. The molecular formula is C18H24N6O. The third-order valence-electron chi connectivity index (χ3n) is 5.11. The molecule has 2 saturated heterocycles. The van der Waals surface area contributed by atoms with E-state index < -0.39 is 0 Å². The standard InChI is InChI=1S/C18H24N6O/c1-14-8-12-24(21-14)17-7-6-16(19-20-17)23-11-4-5-15(13-23)18(25)22-9-2-3-10-22/h6-8,12,15H,2-5,9-11,13H2,1H3/t15-/m0/s1. The van der Waals surface area contributed by atoms with Gasteiger partial charge in [-0.1, -0.05) is 0 Å². The molecule has 0 aliphatic carbocycles. The number of anilines is 1. The van der Waals surface area contributed by atoms with Crippen molar-refractivity contribution >= 4 is 11.7 Å². The van der Waals surface area contributed by atoms with Gasteiger partial charge in [0.1, 0.15) is 0 Å². The van der Waals surface area contributed by atoms with Crippen LogP contribution in [0.2, 0.25) is 0 Å². The number of piperidine rings is 1. The smallest absolute Gasteiger partial charge is 0.227 e. The van der Waals surface area contributed by atoms with Crippen LogP contribution in [0.1, 0.15) is 31.4 Å². The van der Waals surface area contributed by atoms with E-state index in [1.165, 1.54) is 0 Å². The number of rotatable bonds is 3. The highest BCUT2D eigenvalue weighted by atomic mass is 16.2. The number of hydrogen-bond acceptors (Lipinski definition) is 5. The maximum absolute atomic E-state index is 12.7. The molecule has 0 saturated carbocycles. The lowest BCUT2D eigenvalue weighted by molar-refractivity contribution is -0.134.